The summed E-state index contributed by atoms with van der Waals surface area (Å²) in [5.74, 6) is 0. The average molecular weight is 262 g/mol. The summed E-state index contributed by atoms with van der Waals surface area (Å²) in [6.45, 7) is 0. The van der Waals surface area contributed by atoms with Gasteiger partial charge in [0.25, 0.3) is 0 Å². The van der Waals surface area contributed by atoms with Crippen molar-refractivity contribution in [2.24, 2.45) is 0 Å². The molecule has 5 heteroatoms. The van der Waals surface area contributed by atoms with E-state index in [4.69, 9.17) is 11.0 Å². The number of nitrogens with two attached hydrogens (primary N) is 1. The van der Waals surface area contributed by atoms with Gasteiger partial charge in [-0.2, -0.15) is 18.4 Å². The van der Waals surface area contributed by atoms with Crippen LogP contribution in [-0.2, 0) is 6.18 Å². The molecule has 0 saturated carbocycles. The highest BCUT2D eigenvalue weighted by Crippen LogP contribution is 2.37. The highest BCUT2D eigenvalue weighted by Gasteiger charge is 2.35. The lowest BCUT2D eigenvalue weighted by Crippen LogP contribution is -2.10. The van der Waals surface area contributed by atoms with Crippen LogP contribution in [0.15, 0.2) is 42.5 Å². The van der Waals surface area contributed by atoms with E-state index in [1.54, 1.807) is 30.3 Å². The first-order valence-corrected chi connectivity index (χ1v) is 5.39. The van der Waals surface area contributed by atoms with Crippen LogP contribution in [0, 0.1) is 11.3 Å². The second kappa shape index (κ2) is 4.65. The second-order valence-corrected chi connectivity index (χ2v) is 3.96. The molecule has 0 amide bonds. The first kappa shape index (κ1) is 13.0. The maximum atomic E-state index is 12.9. The summed E-state index contributed by atoms with van der Waals surface area (Å²) in [5.41, 5.74) is 4.79. The Morgan fingerprint density at radius 2 is 1.63 bits per heavy atom. The molecule has 0 atom stereocenters. The number of benzene rings is 2. The molecule has 0 spiro atoms. The van der Waals surface area contributed by atoms with Gasteiger partial charge in [0, 0.05) is 0 Å². The highest BCUT2D eigenvalue weighted by atomic mass is 19.4. The normalized spacial score (nSPS) is 11.1. The summed E-state index contributed by atoms with van der Waals surface area (Å²) in [4.78, 5) is 0. The van der Waals surface area contributed by atoms with Gasteiger partial charge in [-0.25, -0.2) is 0 Å². The lowest BCUT2D eigenvalue weighted by molar-refractivity contribution is -0.137. The molecule has 0 aliphatic carbocycles. The van der Waals surface area contributed by atoms with Crippen LogP contribution < -0.4 is 5.73 Å². The molecular formula is C14H9F3N2. The molecule has 0 fully saturated rings. The lowest BCUT2D eigenvalue weighted by atomic mass is 9.97. The standard InChI is InChI=1S/C14H9F3N2/c15-14(16,17)12-6-10(7-13(19)11(12)8-18)9-4-2-1-3-5-9/h1-7H,19H2. The fourth-order valence-electron chi connectivity index (χ4n) is 1.81. The monoisotopic (exact) mass is 262 g/mol. The van der Waals surface area contributed by atoms with Crippen LogP contribution in [0.1, 0.15) is 11.1 Å². The summed E-state index contributed by atoms with van der Waals surface area (Å²) in [6, 6.07) is 12.4. The molecule has 0 unspecified atom stereocenters. The molecule has 2 N–H and O–H groups in total. The van der Waals surface area contributed by atoms with Gasteiger partial charge in [0.15, 0.2) is 0 Å². The Balaban J connectivity index is 2.69. The van der Waals surface area contributed by atoms with Crippen LogP contribution in [0.4, 0.5) is 18.9 Å². The molecule has 96 valence electrons. The SMILES string of the molecule is N#Cc1c(N)cc(-c2ccccc2)cc1C(F)(F)F. The summed E-state index contributed by atoms with van der Waals surface area (Å²) in [7, 11) is 0. The van der Waals surface area contributed by atoms with Crippen molar-refractivity contribution in [2.75, 3.05) is 5.73 Å². The number of rotatable bonds is 1. The fourth-order valence-corrected chi connectivity index (χ4v) is 1.81. The van der Waals surface area contributed by atoms with Crippen molar-refractivity contribution in [3.63, 3.8) is 0 Å². The third-order valence-corrected chi connectivity index (χ3v) is 2.69. The minimum absolute atomic E-state index is 0.170. The van der Waals surface area contributed by atoms with Crippen LogP contribution in [0.2, 0.25) is 0 Å². The number of hydrogen-bond donors (Lipinski definition) is 1. The van der Waals surface area contributed by atoms with Gasteiger partial charge in [0.1, 0.15) is 6.07 Å². The van der Waals surface area contributed by atoms with Crippen molar-refractivity contribution < 1.29 is 13.2 Å². The van der Waals surface area contributed by atoms with Gasteiger partial charge in [-0.1, -0.05) is 30.3 Å². The number of halogens is 3. The molecule has 0 aliphatic rings. The Hall–Kier alpha value is -2.48. The molecule has 2 aromatic rings. The molecule has 0 saturated heterocycles. The molecule has 0 aliphatic heterocycles. The Labute approximate surface area is 107 Å². The van der Waals surface area contributed by atoms with E-state index in [-0.39, 0.29) is 5.69 Å². The largest absolute Gasteiger partial charge is 0.417 e. The predicted molar refractivity (Wildman–Crippen MR) is 66.0 cm³/mol. The van der Waals surface area contributed by atoms with Crippen LogP contribution in [0.5, 0.6) is 0 Å². The van der Waals surface area contributed by atoms with Crippen molar-refractivity contribution in [1.29, 1.82) is 5.26 Å². The Kier molecular flexibility index (Phi) is 3.17. The summed E-state index contributed by atoms with van der Waals surface area (Å²) in [5, 5.41) is 8.79. The number of nitrogens with zero attached hydrogens (tertiary/aromatic N) is 1. The number of nitrogen functional groups attached to an aromatic ring is 1. The predicted octanol–water partition coefficient (Wildman–Crippen LogP) is 3.83. The molecule has 0 bridgehead atoms. The van der Waals surface area contributed by atoms with Gasteiger partial charge in [-0.15, -0.1) is 0 Å². The zero-order valence-corrected chi connectivity index (χ0v) is 9.70. The fraction of sp³-hybridized carbons (Fsp3) is 0.0714. The highest BCUT2D eigenvalue weighted by molar-refractivity contribution is 5.73. The number of hydrogen-bond acceptors (Lipinski definition) is 2. The maximum Gasteiger partial charge on any atom is 0.417 e. The Bertz CT molecular complexity index is 640. The van der Waals surface area contributed by atoms with Gasteiger partial charge in [-0.3, -0.25) is 0 Å². The minimum Gasteiger partial charge on any atom is -0.398 e. The first-order chi connectivity index (χ1) is 8.93. The van der Waals surface area contributed by atoms with Crippen molar-refractivity contribution >= 4 is 5.69 Å². The summed E-state index contributed by atoms with van der Waals surface area (Å²) < 4.78 is 38.7. The van der Waals surface area contributed by atoms with E-state index in [9.17, 15) is 13.2 Å². The van der Waals surface area contributed by atoms with Crippen molar-refractivity contribution in [3.8, 4) is 17.2 Å². The average Bonchev–Trinajstić information content (AvgIpc) is 2.37. The molecule has 2 rings (SSSR count). The van der Waals surface area contributed by atoms with E-state index < -0.39 is 17.3 Å². The van der Waals surface area contributed by atoms with Gasteiger partial charge in [0.2, 0.25) is 0 Å². The van der Waals surface area contributed by atoms with Crippen LogP contribution >= 0.6 is 0 Å². The molecule has 2 nitrogen and oxygen atoms in total. The number of alkyl halides is 3. The van der Waals surface area contributed by atoms with Gasteiger partial charge >= 0.3 is 6.18 Å². The van der Waals surface area contributed by atoms with Gasteiger partial charge in [-0.05, 0) is 23.3 Å². The second-order valence-electron chi connectivity index (χ2n) is 3.96. The lowest BCUT2D eigenvalue weighted by Gasteiger charge is -2.13. The van der Waals surface area contributed by atoms with Crippen LogP contribution in [0.25, 0.3) is 11.1 Å². The van der Waals surface area contributed by atoms with E-state index in [1.807, 2.05) is 0 Å². The van der Waals surface area contributed by atoms with Crippen molar-refractivity contribution in [2.45, 2.75) is 6.18 Å². The summed E-state index contributed by atoms with van der Waals surface area (Å²) in [6.07, 6.45) is -4.61. The Morgan fingerprint density at radius 3 is 2.16 bits per heavy atom. The molecule has 19 heavy (non-hydrogen) atoms. The van der Waals surface area contributed by atoms with Crippen molar-refractivity contribution in [1.82, 2.24) is 0 Å². The number of anilines is 1. The van der Waals surface area contributed by atoms with E-state index in [2.05, 4.69) is 0 Å². The third-order valence-electron chi connectivity index (χ3n) is 2.69. The van der Waals surface area contributed by atoms with E-state index in [0.717, 1.165) is 6.07 Å². The maximum absolute atomic E-state index is 12.9. The quantitative estimate of drug-likeness (QED) is 0.794. The third kappa shape index (κ3) is 2.52. The molecule has 0 radical (unpaired) electrons. The molecule has 2 aromatic carbocycles. The topological polar surface area (TPSA) is 49.8 Å². The van der Waals surface area contributed by atoms with E-state index >= 15 is 0 Å². The minimum atomic E-state index is -4.61. The van der Waals surface area contributed by atoms with Gasteiger partial charge in [0.05, 0.1) is 16.8 Å². The molecule has 0 aromatic heterocycles. The molecule has 0 heterocycles. The Morgan fingerprint density at radius 1 is 1.00 bits per heavy atom. The van der Waals surface area contributed by atoms with Crippen LogP contribution in [0.3, 0.4) is 0 Å². The van der Waals surface area contributed by atoms with Crippen molar-refractivity contribution in [3.05, 3.63) is 53.6 Å². The number of nitriles is 1. The smallest absolute Gasteiger partial charge is 0.398 e. The van der Waals surface area contributed by atoms with E-state index in [1.165, 1.54) is 12.1 Å². The first-order valence-electron chi connectivity index (χ1n) is 5.39. The van der Waals surface area contributed by atoms with Gasteiger partial charge < -0.3 is 5.73 Å². The zero-order chi connectivity index (χ0) is 14.0. The van der Waals surface area contributed by atoms with Crippen LogP contribution in [-0.4, -0.2) is 0 Å². The molecular weight excluding hydrogens is 253 g/mol. The summed E-state index contributed by atoms with van der Waals surface area (Å²) >= 11 is 0. The zero-order valence-electron chi connectivity index (χ0n) is 9.70. The van der Waals surface area contributed by atoms with E-state index in [0.29, 0.717) is 11.1 Å².